The Hall–Kier alpha value is -3.09. The van der Waals surface area contributed by atoms with Crippen LogP contribution in [0.2, 0.25) is 5.02 Å². The average molecular weight is 426 g/mol. The first-order chi connectivity index (χ1) is 14.4. The van der Waals surface area contributed by atoms with Crippen molar-refractivity contribution >= 4 is 39.9 Å². The smallest absolute Gasteiger partial charge is 0.313 e. The normalized spacial score (nSPS) is 11.9. The fourth-order valence-corrected chi connectivity index (χ4v) is 3.51. The first kappa shape index (κ1) is 21.6. The van der Waals surface area contributed by atoms with Gasteiger partial charge in [-0.15, -0.1) is 0 Å². The topological polar surface area (TPSA) is 70.7 Å². The summed E-state index contributed by atoms with van der Waals surface area (Å²) in [5.41, 5.74) is 1.42. The highest BCUT2D eigenvalue weighted by molar-refractivity contribution is 6.40. The lowest BCUT2D eigenvalue weighted by Gasteiger charge is -2.26. The van der Waals surface area contributed by atoms with E-state index in [1.165, 1.54) is 13.2 Å². The number of rotatable bonds is 6. The summed E-state index contributed by atoms with van der Waals surface area (Å²) in [6, 6.07) is 18.9. The average Bonchev–Trinajstić information content (AvgIpc) is 2.73. The minimum Gasteiger partial charge on any atom is -0.495 e. The molecule has 0 fully saturated rings. The number of amides is 2. The third kappa shape index (κ3) is 4.90. The van der Waals surface area contributed by atoms with Crippen molar-refractivity contribution in [1.29, 1.82) is 0 Å². The number of carbonyl (C=O) groups is 2. The number of ether oxygens (including phenoxy) is 1. The number of fused-ring (bicyclic) bond motifs is 1. The van der Waals surface area contributed by atoms with Gasteiger partial charge in [-0.25, -0.2) is 0 Å². The van der Waals surface area contributed by atoms with Crippen molar-refractivity contribution in [2.75, 3.05) is 33.1 Å². The number of halogens is 1. The van der Waals surface area contributed by atoms with Crippen LogP contribution in [0.4, 0.5) is 5.69 Å². The summed E-state index contributed by atoms with van der Waals surface area (Å²) in [4.78, 5) is 26.8. The summed E-state index contributed by atoms with van der Waals surface area (Å²) in [6.07, 6.45) is 0. The van der Waals surface area contributed by atoms with Crippen molar-refractivity contribution in [1.82, 2.24) is 10.2 Å². The Morgan fingerprint density at radius 3 is 2.50 bits per heavy atom. The molecule has 2 amide bonds. The van der Waals surface area contributed by atoms with Crippen LogP contribution in [0.3, 0.4) is 0 Å². The Labute approximate surface area is 180 Å². The third-order valence-electron chi connectivity index (χ3n) is 4.88. The molecule has 156 valence electrons. The summed E-state index contributed by atoms with van der Waals surface area (Å²) in [7, 11) is 5.36. The predicted octanol–water partition coefficient (Wildman–Crippen LogP) is 3.86. The van der Waals surface area contributed by atoms with E-state index in [1.807, 2.05) is 43.3 Å². The molecule has 1 unspecified atom stereocenters. The molecule has 30 heavy (non-hydrogen) atoms. The van der Waals surface area contributed by atoms with E-state index in [2.05, 4.69) is 28.8 Å². The van der Waals surface area contributed by atoms with E-state index in [-0.39, 0.29) is 12.6 Å². The highest BCUT2D eigenvalue weighted by Gasteiger charge is 2.21. The Morgan fingerprint density at radius 1 is 1.03 bits per heavy atom. The molecule has 3 rings (SSSR count). The summed E-state index contributed by atoms with van der Waals surface area (Å²) < 4.78 is 5.20. The van der Waals surface area contributed by atoms with Gasteiger partial charge in [0.15, 0.2) is 0 Å². The van der Waals surface area contributed by atoms with E-state index in [9.17, 15) is 9.59 Å². The lowest BCUT2D eigenvalue weighted by atomic mass is 9.98. The molecule has 0 aromatic heterocycles. The van der Waals surface area contributed by atoms with E-state index in [1.54, 1.807) is 12.1 Å². The van der Waals surface area contributed by atoms with Crippen molar-refractivity contribution in [3.8, 4) is 5.75 Å². The van der Waals surface area contributed by atoms with Crippen molar-refractivity contribution in [3.63, 3.8) is 0 Å². The van der Waals surface area contributed by atoms with E-state index < -0.39 is 11.8 Å². The molecular weight excluding hydrogens is 402 g/mol. The van der Waals surface area contributed by atoms with Crippen LogP contribution in [-0.4, -0.2) is 44.5 Å². The van der Waals surface area contributed by atoms with Gasteiger partial charge in [0.1, 0.15) is 5.75 Å². The van der Waals surface area contributed by atoms with Crippen LogP contribution in [-0.2, 0) is 9.59 Å². The molecule has 6 nitrogen and oxygen atoms in total. The number of benzene rings is 3. The molecule has 0 heterocycles. The van der Waals surface area contributed by atoms with Crippen LogP contribution in [0, 0.1) is 0 Å². The third-order valence-corrected chi connectivity index (χ3v) is 5.11. The Kier molecular flexibility index (Phi) is 6.92. The number of carbonyl (C=O) groups excluding carboxylic acids is 2. The minimum atomic E-state index is -0.786. The molecule has 0 spiro atoms. The Morgan fingerprint density at radius 2 is 1.77 bits per heavy atom. The molecule has 7 heteroatoms. The molecule has 0 radical (unpaired) electrons. The fourth-order valence-electron chi connectivity index (χ4n) is 3.34. The maximum absolute atomic E-state index is 12.4. The van der Waals surface area contributed by atoms with Crippen LogP contribution < -0.4 is 15.4 Å². The van der Waals surface area contributed by atoms with Crippen LogP contribution in [0.25, 0.3) is 10.8 Å². The quantitative estimate of drug-likeness (QED) is 0.588. The SMILES string of the molecule is COc1ccc(Cl)cc1NC(=O)C(=O)NCC(c1cccc2ccccc12)N(C)C. The monoisotopic (exact) mass is 425 g/mol. The number of nitrogens with one attached hydrogen (secondary N) is 2. The van der Waals surface area contributed by atoms with Gasteiger partial charge >= 0.3 is 11.8 Å². The molecule has 0 saturated carbocycles. The lowest BCUT2D eigenvalue weighted by molar-refractivity contribution is -0.136. The van der Waals surface area contributed by atoms with Gasteiger partial charge in [0.2, 0.25) is 0 Å². The van der Waals surface area contributed by atoms with Gasteiger partial charge in [0, 0.05) is 11.6 Å². The van der Waals surface area contributed by atoms with Crippen molar-refractivity contribution in [3.05, 3.63) is 71.2 Å². The van der Waals surface area contributed by atoms with Gasteiger partial charge in [-0.2, -0.15) is 0 Å². The summed E-state index contributed by atoms with van der Waals surface area (Å²) in [6.45, 7) is 0.278. The van der Waals surface area contributed by atoms with Crippen LogP contribution in [0.1, 0.15) is 11.6 Å². The summed E-state index contributed by atoms with van der Waals surface area (Å²) in [5.74, 6) is -1.10. The maximum atomic E-state index is 12.4. The zero-order valence-electron chi connectivity index (χ0n) is 17.1. The Bertz CT molecular complexity index is 1060. The first-order valence-corrected chi connectivity index (χ1v) is 9.85. The van der Waals surface area contributed by atoms with Crippen LogP contribution >= 0.6 is 11.6 Å². The summed E-state index contributed by atoms with van der Waals surface area (Å²) in [5, 5.41) is 7.95. The van der Waals surface area contributed by atoms with Gasteiger partial charge < -0.3 is 20.3 Å². The van der Waals surface area contributed by atoms with E-state index >= 15 is 0 Å². The van der Waals surface area contributed by atoms with Gasteiger partial charge in [0.25, 0.3) is 0 Å². The second-order valence-corrected chi connectivity index (χ2v) is 7.49. The number of hydrogen-bond acceptors (Lipinski definition) is 4. The van der Waals surface area contributed by atoms with Crippen molar-refractivity contribution < 1.29 is 14.3 Å². The van der Waals surface area contributed by atoms with Gasteiger partial charge in [0.05, 0.1) is 18.8 Å². The van der Waals surface area contributed by atoms with E-state index in [0.29, 0.717) is 16.5 Å². The van der Waals surface area contributed by atoms with Gasteiger partial charge in [-0.3, -0.25) is 9.59 Å². The van der Waals surface area contributed by atoms with Crippen molar-refractivity contribution in [2.24, 2.45) is 0 Å². The minimum absolute atomic E-state index is 0.103. The molecule has 0 aliphatic heterocycles. The highest BCUT2D eigenvalue weighted by atomic mass is 35.5. The zero-order valence-corrected chi connectivity index (χ0v) is 17.9. The molecule has 3 aromatic carbocycles. The number of likely N-dealkylation sites (N-methyl/N-ethyl adjacent to an activating group) is 1. The molecule has 1 atom stereocenters. The maximum Gasteiger partial charge on any atom is 0.313 e. The van der Waals surface area contributed by atoms with Crippen molar-refractivity contribution in [2.45, 2.75) is 6.04 Å². The zero-order chi connectivity index (χ0) is 21.7. The van der Waals surface area contributed by atoms with E-state index in [4.69, 9.17) is 16.3 Å². The van der Waals surface area contributed by atoms with Gasteiger partial charge in [-0.1, -0.05) is 54.1 Å². The second kappa shape index (κ2) is 9.61. The molecule has 0 aliphatic carbocycles. The number of methoxy groups -OCH3 is 1. The standard InChI is InChI=1S/C23H24ClN3O3/c1-27(2)20(18-10-6-8-15-7-4-5-9-17(15)18)14-25-22(28)23(29)26-19-13-16(24)11-12-21(19)30-3/h4-13,20H,14H2,1-3H3,(H,25,28)(H,26,29). The summed E-state index contributed by atoms with van der Waals surface area (Å²) >= 11 is 5.98. The fraction of sp³-hybridized carbons (Fsp3) is 0.217. The molecule has 0 bridgehead atoms. The van der Waals surface area contributed by atoms with Gasteiger partial charge in [-0.05, 0) is 48.6 Å². The first-order valence-electron chi connectivity index (χ1n) is 9.47. The molecule has 2 N–H and O–H groups in total. The predicted molar refractivity (Wildman–Crippen MR) is 120 cm³/mol. The molecular formula is C23H24ClN3O3. The Balaban J connectivity index is 1.73. The van der Waals surface area contributed by atoms with Crippen LogP contribution in [0.15, 0.2) is 60.7 Å². The largest absolute Gasteiger partial charge is 0.495 e. The second-order valence-electron chi connectivity index (χ2n) is 7.06. The van der Waals surface area contributed by atoms with Crippen LogP contribution in [0.5, 0.6) is 5.75 Å². The highest BCUT2D eigenvalue weighted by Crippen LogP contribution is 2.28. The molecule has 0 aliphatic rings. The number of anilines is 1. The number of hydrogen-bond donors (Lipinski definition) is 2. The number of nitrogens with zero attached hydrogens (tertiary/aromatic N) is 1. The molecule has 3 aromatic rings. The van der Waals surface area contributed by atoms with E-state index in [0.717, 1.165) is 16.3 Å². The lowest BCUT2D eigenvalue weighted by Crippen LogP contribution is -2.40. The molecule has 0 saturated heterocycles.